The summed E-state index contributed by atoms with van der Waals surface area (Å²) in [4.78, 5) is 2.43. The Bertz CT molecular complexity index is 3220. The summed E-state index contributed by atoms with van der Waals surface area (Å²) in [6.07, 6.45) is 0. The van der Waals surface area contributed by atoms with Gasteiger partial charge in [-0.2, -0.15) is 0 Å². The van der Waals surface area contributed by atoms with Gasteiger partial charge in [0.2, 0.25) is 0 Å². The first-order chi connectivity index (χ1) is 28.8. The van der Waals surface area contributed by atoms with Crippen LogP contribution in [0.1, 0.15) is 0 Å². The summed E-state index contributed by atoms with van der Waals surface area (Å²) in [6, 6.07) is 80.6. The Morgan fingerprint density at radius 1 is 0.259 bits per heavy atom. The molecule has 0 saturated heterocycles. The lowest BCUT2D eigenvalue weighted by molar-refractivity contribution is 0.602. The van der Waals surface area contributed by atoms with Gasteiger partial charge in [-0.05, 0) is 85.6 Å². The smallest absolute Gasteiger partial charge is 0.142 e. The summed E-state index contributed by atoms with van der Waals surface area (Å²) in [6.45, 7) is 0. The van der Waals surface area contributed by atoms with Crippen molar-refractivity contribution in [1.29, 1.82) is 0 Å². The molecule has 0 bridgehead atoms. The summed E-state index contributed by atoms with van der Waals surface area (Å²) in [5, 5.41) is 9.59. The van der Waals surface area contributed by atoms with Crippen molar-refractivity contribution in [2.45, 2.75) is 0 Å². The van der Waals surface area contributed by atoms with Gasteiger partial charge in [-0.3, -0.25) is 0 Å². The first-order valence-electron chi connectivity index (χ1n) is 19.8. The van der Waals surface area contributed by atoms with E-state index in [1.807, 2.05) is 6.07 Å². The van der Waals surface area contributed by atoms with Crippen LogP contribution in [0.25, 0.3) is 88.0 Å². The molecule has 10 aromatic carbocycles. The Labute approximate surface area is 337 Å². The molecular formula is C56H37NO. The number of fused-ring (bicyclic) bond motifs is 6. The first kappa shape index (κ1) is 33.6. The van der Waals surface area contributed by atoms with Gasteiger partial charge in [-0.15, -0.1) is 0 Å². The Kier molecular flexibility index (Phi) is 8.19. The normalized spacial score (nSPS) is 11.4. The summed E-state index contributed by atoms with van der Waals surface area (Å²) in [7, 11) is 0. The van der Waals surface area contributed by atoms with Crippen LogP contribution >= 0.6 is 0 Å². The zero-order chi connectivity index (χ0) is 38.4. The minimum absolute atomic E-state index is 0.857. The maximum atomic E-state index is 6.87. The predicted octanol–water partition coefficient (Wildman–Crippen LogP) is 16.0. The van der Waals surface area contributed by atoms with E-state index in [4.69, 9.17) is 4.42 Å². The monoisotopic (exact) mass is 739 g/mol. The molecule has 11 aromatic rings. The van der Waals surface area contributed by atoms with Gasteiger partial charge in [0.05, 0.1) is 5.69 Å². The highest BCUT2D eigenvalue weighted by atomic mass is 16.3. The van der Waals surface area contributed by atoms with Crippen LogP contribution in [0.15, 0.2) is 229 Å². The van der Waals surface area contributed by atoms with E-state index in [-0.39, 0.29) is 0 Å². The van der Waals surface area contributed by atoms with E-state index in [2.05, 4.69) is 223 Å². The number of rotatable bonds is 7. The molecule has 11 rings (SSSR count). The van der Waals surface area contributed by atoms with Crippen LogP contribution in [0, 0.1) is 0 Å². The number of furan rings is 1. The average molecular weight is 740 g/mol. The average Bonchev–Trinajstić information content (AvgIpc) is 3.70. The maximum Gasteiger partial charge on any atom is 0.142 e. The predicted molar refractivity (Wildman–Crippen MR) is 245 cm³/mol. The molecule has 0 radical (unpaired) electrons. The summed E-state index contributed by atoms with van der Waals surface area (Å²) in [5.74, 6) is 1.74. The molecular weight excluding hydrogens is 703 g/mol. The van der Waals surface area contributed by atoms with Crippen molar-refractivity contribution in [3.05, 3.63) is 224 Å². The molecule has 0 N–H and O–H groups in total. The summed E-state index contributed by atoms with van der Waals surface area (Å²) < 4.78 is 6.87. The molecule has 0 aliphatic heterocycles. The fourth-order valence-electron chi connectivity index (χ4n) is 8.69. The molecule has 0 saturated carbocycles. The third-order valence-electron chi connectivity index (χ3n) is 11.4. The SMILES string of the molecule is c1ccc(-c2cc(-c3ccccc3)cc(N(c3cccc(-c4oc(-c5ccccc5)c5ccccc45)c3)c3cccc4c3ccc3c5ccccc5ccc43)c2)cc1. The fourth-order valence-corrected chi connectivity index (χ4v) is 8.69. The Morgan fingerprint density at radius 3 is 1.41 bits per heavy atom. The molecule has 0 aliphatic carbocycles. The Balaban J connectivity index is 1.17. The van der Waals surface area contributed by atoms with Crippen LogP contribution in [0.3, 0.4) is 0 Å². The van der Waals surface area contributed by atoms with Crippen LogP contribution in [-0.4, -0.2) is 0 Å². The van der Waals surface area contributed by atoms with Crippen molar-refractivity contribution in [2.24, 2.45) is 0 Å². The van der Waals surface area contributed by atoms with E-state index in [0.717, 1.165) is 61.6 Å². The molecule has 2 heteroatoms. The number of benzene rings is 10. The summed E-state index contributed by atoms with van der Waals surface area (Å²) >= 11 is 0. The zero-order valence-corrected chi connectivity index (χ0v) is 31.7. The number of anilines is 3. The van der Waals surface area contributed by atoms with E-state index in [9.17, 15) is 0 Å². The highest BCUT2D eigenvalue weighted by molar-refractivity contribution is 6.19. The maximum absolute atomic E-state index is 6.87. The van der Waals surface area contributed by atoms with Gasteiger partial charge in [0.25, 0.3) is 0 Å². The van der Waals surface area contributed by atoms with Crippen LogP contribution in [0.2, 0.25) is 0 Å². The van der Waals surface area contributed by atoms with Crippen molar-refractivity contribution in [3.8, 4) is 44.9 Å². The van der Waals surface area contributed by atoms with E-state index in [1.54, 1.807) is 0 Å². The lowest BCUT2D eigenvalue weighted by Gasteiger charge is -2.28. The summed E-state index contributed by atoms with van der Waals surface area (Å²) in [5.41, 5.74) is 9.92. The van der Waals surface area contributed by atoms with Gasteiger partial charge in [0.15, 0.2) is 0 Å². The zero-order valence-electron chi connectivity index (χ0n) is 31.7. The lowest BCUT2D eigenvalue weighted by Crippen LogP contribution is -2.11. The minimum atomic E-state index is 0.857. The number of hydrogen-bond acceptors (Lipinski definition) is 2. The van der Waals surface area contributed by atoms with Crippen LogP contribution in [-0.2, 0) is 0 Å². The molecule has 1 aromatic heterocycles. The third-order valence-corrected chi connectivity index (χ3v) is 11.4. The third kappa shape index (κ3) is 5.82. The standard InChI is InChI=1S/C56H37NO/c1-4-16-38(17-5-1)43-34-44(39-18-6-2-7-19-39)37-46(36-43)57(54-29-15-28-48-50-31-30-40-20-10-11-25-47(40)49(50)32-33-51(48)54)45-24-14-23-42(35-45)56-53-27-13-12-26-52(53)55(58-56)41-21-8-3-9-22-41/h1-37H. The molecule has 2 nitrogen and oxygen atoms in total. The quantitative estimate of drug-likeness (QED) is 0.151. The topological polar surface area (TPSA) is 16.4 Å². The van der Waals surface area contributed by atoms with E-state index < -0.39 is 0 Å². The number of nitrogens with zero attached hydrogens (tertiary/aromatic N) is 1. The first-order valence-corrected chi connectivity index (χ1v) is 19.8. The molecule has 0 fully saturated rings. The van der Waals surface area contributed by atoms with Crippen molar-refractivity contribution in [3.63, 3.8) is 0 Å². The Morgan fingerprint density at radius 2 is 0.724 bits per heavy atom. The van der Waals surface area contributed by atoms with Crippen molar-refractivity contribution >= 4 is 60.2 Å². The Hall–Kier alpha value is -7.68. The van der Waals surface area contributed by atoms with Gasteiger partial charge >= 0.3 is 0 Å². The van der Waals surface area contributed by atoms with Crippen LogP contribution < -0.4 is 4.90 Å². The minimum Gasteiger partial charge on any atom is -0.455 e. The van der Waals surface area contributed by atoms with E-state index >= 15 is 0 Å². The van der Waals surface area contributed by atoms with Crippen LogP contribution in [0.5, 0.6) is 0 Å². The van der Waals surface area contributed by atoms with Gasteiger partial charge in [-0.25, -0.2) is 0 Å². The van der Waals surface area contributed by atoms with Gasteiger partial charge < -0.3 is 9.32 Å². The molecule has 0 unspecified atom stereocenters. The molecule has 0 aliphatic rings. The van der Waals surface area contributed by atoms with Gasteiger partial charge in [-0.1, -0.05) is 188 Å². The van der Waals surface area contributed by atoms with Gasteiger partial charge in [0, 0.05) is 38.7 Å². The van der Waals surface area contributed by atoms with Crippen molar-refractivity contribution in [1.82, 2.24) is 0 Å². The highest BCUT2D eigenvalue weighted by Gasteiger charge is 2.21. The van der Waals surface area contributed by atoms with Crippen LogP contribution in [0.4, 0.5) is 17.1 Å². The molecule has 0 atom stereocenters. The van der Waals surface area contributed by atoms with Crippen molar-refractivity contribution < 1.29 is 4.42 Å². The highest BCUT2D eigenvalue weighted by Crippen LogP contribution is 2.46. The molecule has 1 heterocycles. The second kappa shape index (κ2) is 14.1. The second-order valence-corrected chi connectivity index (χ2v) is 14.9. The molecule has 272 valence electrons. The second-order valence-electron chi connectivity index (χ2n) is 14.9. The van der Waals surface area contributed by atoms with Crippen molar-refractivity contribution in [2.75, 3.05) is 4.90 Å². The largest absolute Gasteiger partial charge is 0.455 e. The van der Waals surface area contributed by atoms with Gasteiger partial charge in [0.1, 0.15) is 11.5 Å². The molecule has 0 amide bonds. The van der Waals surface area contributed by atoms with E-state index in [1.165, 1.54) is 43.4 Å². The fraction of sp³-hybridized carbons (Fsp3) is 0. The number of hydrogen-bond donors (Lipinski definition) is 0. The van der Waals surface area contributed by atoms with E-state index in [0.29, 0.717) is 0 Å². The lowest BCUT2D eigenvalue weighted by atomic mass is 9.95. The molecule has 0 spiro atoms. The molecule has 58 heavy (non-hydrogen) atoms.